The molecule has 7 nitrogen and oxygen atoms in total. The third kappa shape index (κ3) is 2.69. The molecular formula is C16H23BN4O3. The normalized spacial score (nSPS) is 23.2. The zero-order chi connectivity index (χ0) is 17.7. The van der Waals surface area contributed by atoms with Crippen LogP contribution in [-0.2, 0) is 14.1 Å². The first kappa shape index (κ1) is 16.9. The van der Waals surface area contributed by atoms with E-state index in [9.17, 15) is 4.79 Å². The molecule has 1 aliphatic heterocycles. The summed E-state index contributed by atoms with van der Waals surface area (Å²) >= 11 is 0. The van der Waals surface area contributed by atoms with Crippen LogP contribution in [0.25, 0.3) is 5.65 Å². The van der Waals surface area contributed by atoms with Gasteiger partial charge in [0, 0.05) is 6.92 Å². The molecule has 0 aromatic carbocycles. The number of hydrogen-bond acceptors (Lipinski definition) is 5. The van der Waals surface area contributed by atoms with Gasteiger partial charge in [-0.2, -0.15) is 5.10 Å². The lowest BCUT2D eigenvalue weighted by atomic mass is 9.79. The van der Waals surface area contributed by atoms with Crippen molar-refractivity contribution in [1.29, 1.82) is 0 Å². The second kappa shape index (κ2) is 5.56. The van der Waals surface area contributed by atoms with Crippen molar-refractivity contribution in [1.82, 2.24) is 14.6 Å². The summed E-state index contributed by atoms with van der Waals surface area (Å²) in [5.74, 6) is 0.587. The molecule has 1 saturated heterocycles. The topological polar surface area (TPSA) is 77.8 Å². The molecule has 0 saturated carbocycles. The largest absolute Gasteiger partial charge is 0.516 e. The molecule has 2 aromatic heterocycles. The molecule has 1 amide bonds. The number of imidazole rings is 1. The average molecular weight is 330 g/mol. The number of aromatic nitrogens is 3. The van der Waals surface area contributed by atoms with Crippen LogP contribution in [0, 0.1) is 5.92 Å². The van der Waals surface area contributed by atoms with Crippen LogP contribution >= 0.6 is 0 Å². The van der Waals surface area contributed by atoms with E-state index >= 15 is 0 Å². The number of amides is 1. The molecule has 1 unspecified atom stereocenters. The lowest BCUT2D eigenvalue weighted by Gasteiger charge is -2.39. The molecule has 1 N–H and O–H groups in total. The van der Waals surface area contributed by atoms with Gasteiger partial charge in [-0.3, -0.25) is 4.79 Å². The Morgan fingerprint density at radius 2 is 2.00 bits per heavy atom. The van der Waals surface area contributed by atoms with Gasteiger partial charge in [-0.25, -0.2) is 9.50 Å². The van der Waals surface area contributed by atoms with E-state index in [1.807, 2.05) is 26.0 Å². The number of anilines is 1. The van der Waals surface area contributed by atoms with Crippen molar-refractivity contribution in [2.45, 2.75) is 52.7 Å². The number of nitrogens with one attached hydrogen (secondary N) is 1. The third-order valence-electron chi connectivity index (χ3n) is 4.94. The predicted octanol–water partition coefficient (Wildman–Crippen LogP) is 1.62. The fraction of sp³-hybridized carbons (Fsp3) is 0.562. The van der Waals surface area contributed by atoms with E-state index in [0.29, 0.717) is 23.0 Å². The Hall–Kier alpha value is -1.93. The number of nitrogens with zero attached hydrogens (tertiary/aromatic N) is 3. The molecule has 3 heterocycles. The van der Waals surface area contributed by atoms with Gasteiger partial charge in [-0.05, 0) is 38.8 Å². The fourth-order valence-corrected chi connectivity index (χ4v) is 2.99. The van der Waals surface area contributed by atoms with Crippen LogP contribution in [0.15, 0.2) is 18.3 Å². The fourth-order valence-electron chi connectivity index (χ4n) is 2.99. The van der Waals surface area contributed by atoms with Crippen molar-refractivity contribution in [2.75, 3.05) is 5.32 Å². The summed E-state index contributed by atoms with van der Waals surface area (Å²) in [6.07, 6.45) is 1.67. The van der Waals surface area contributed by atoms with Gasteiger partial charge >= 0.3 is 7.12 Å². The highest BCUT2D eigenvalue weighted by Crippen LogP contribution is 2.41. The first-order valence-electron chi connectivity index (χ1n) is 8.12. The van der Waals surface area contributed by atoms with E-state index in [2.05, 4.69) is 36.2 Å². The molecule has 0 radical (unpaired) electrons. The summed E-state index contributed by atoms with van der Waals surface area (Å²) in [5.41, 5.74) is 0.474. The molecule has 0 bridgehead atoms. The highest BCUT2D eigenvalue weighted by molar-refractivity contribution is 6.61. The summed E-state index contributed by atoms with van der Waals surface area (Å²) < 4.78 is 14.0. The molecule has 128 valence electrons. The van der Waals surface area contributed by atoms with E-state index in [4.69, 9.17) is 9.31 Å². The lowest BCUT2D eigenvalue weighted by Crippen LogP contribution is -2.48. The molecular weight excluding hydrogens is 307 g/mol. The molecule has 1 atom stereocenters. The summed E-state index contributed by atoms with van der Waals surface area (Å²) in [6, 6.07) is 3.67. The van der Waals surface area contributed by atoms with Crippen LogP contribution in [0.2, 0.25) is 0 Å². The van der Waals surface area contributed by atoms with Crippen LogP contribution in [0.5, 0.6) is 0 Å². The molecule has 8 heteroatoms. The number of hydrogen-bond donors (Lipinski definition) is 1. The SMILES string of the molecule is CC(=O)Nc1cn2nc(B3OC(C)(C)C(C)(C(C)C)O3)ccc2n1. The Balaban J connectivity index is 1.91. The summed E-state index contributed by atoms with van der Waals surface area (Å²) in [7, 11) is -0.539. The second-order valence-electron chi connectivity index (χ2n) is 7.21. The maximum absolute atomic E-state index is 11.2. The quantitative estimate of drug-likeness (QED) is 0.866. The van der Waals surface area contributed by atoms with Gasteiger partial charge in [0.25, 0.3) is 0 Å². The number of fused-ring (bicyclic) bond motifs is 1. The number of carbonyl (C=O) groups excluding carboxylic acids is 1. The monoisotopic (exact) mass is 330 g/mol. The van der Waals surface area contributed by atoms with Gasteiger partial charge in [0.15, 0.2) is 11.5 Å². The zero-order valence-electron chi connectivity index (χ0n) is 15.0. The minimum atomic E-state index is -0.539. The van der Waals surface area contributed by atoms with Crippen LogP contribution in [0.3, 0.4) is 0 Å². The zero-order valence-corrected chi connectivity index (χ0v) is 15.0. The Kier molecular flexibility index (Phi) is 3.92. The van der Waals surface area contributed by atoms with Gasteiger partial charge in [0.05, 0.1) is 23.0 Å². The Bertz CT molecular complexity index is 789. The van der Waals surface area contributed by atoms with Crippen molar-refractivity contribution < 1.29 is 14.1 Å². The van der Waals surface area contributed by atoms with Crippen molar-refractivity contribution in [3.05, 3.63) is 18.3 Å². The van der Waals surface area contributed by atoms with Gasteiger partial charge in [-0.15, -0.1) is 0 Å². The van der Waals surface area contributed by atoms with E-state index in [-0.39, 0.29) is 5.91 Å². The molecule has 24 heavy (non-hydrogen) atoms. The van der Waals surface area contributed by atoms with E-state index in [1.54, 1.807) is 10.7 Å². The number of carbonyl (C=O) groups is 1. The minimum Gasteiger partial charge on any atom is -0.398 e. The van der Waals surface area contributed by atoms with E-state index in [0.717, 1.165) is 0 Å². The standard InChI is InChI=1S/C16H23BN4O3/c1-10(2)16(6)15(4,5)23-17(24-16)12-7-8-14-19-13(18-11(3)22)9-21(14)20-12/h7-10H,1-6H3,(H,18,22). The third-order valence-corrected chi connectivity index (χ3v) is 4.94. The van der Waals surface area contributed by atoms with Gasteiger partial charge in [-0.1, -0.05) is 13.8 Å². The Morgan fingerprint density at radius 3 is 2.58 bits per heavy atom. The van der Waals surface area contributed by atoms with Crippen molar-refractivity contribution in [3.8, 4) is 0 Å². The van der Waals surface area contributed by atoms with Crippen LogP contribution in [-0.4, -0.2) is 38.8 Å². The molecule has 1 aliphatic rings. The van der Waals surface area contributed by atoms with Crippen LogP contribution in [0.4, 0.5) is 5.82 Å². The minimum absolute atomic E-state index is 0.171. The van der Waals surface area contributed by atoms with Crippen molar-refractivity contribution >= 4 is 30.1 Å². The summed E-state index contributed by atoms with van der Waals surface area (Å²) in [6.45, 7) is 11.8. The van der Waals surface area contributed by atoms with Gasteiger partial charge < -0.3 is 14.6 Å². The van der Waals surface area contributed by atoms with Crippen molar-refractivity contribution in [2.24, 2.45) is 5.92 Å². The second-order valence-corrected chi connectivity index (χ2v) is 7.21. The summed E-state index contributed by atoms with van der Waals surface area (Å²) in [5, 5.41) is 7.18. The molecule has 0 aliphatic carbocycles. The molecule has 0 spiro atoms. The van der Waals surface area contributed by atoms with Gasteiger partial charge in [0.2, 0.25) is 5.91 Å². The predicted molar refractivity (Wildman–Crippen MR) is 92.2 cm³/mol. The highest BCUT2D eigenvalue weighted by Gasteiger charge is 2.56. The van der Waals surface area contributed by atoms with Crippen LogP contribution < -0.4 is 10.9 Å². The first-order chi connectivity index (χ1) is 11.1. The highest BCUT2D eigenvalue weighted by atomic mass is 16.7. The van der Waals surface area contributed by atoms with Crippen LogP contribution in [0.1, 0.15) is 41.5 Å². The van der Waals surface area contributed by atoms with Gasteiger partial charge in [0.1, 0.15) is 0 Å². The maximum atomic E-state index is 11.2. The number of rotatable bonds is 3. The van der Waals surface area contributed by atoms with E-state index < -0.39 is 18.3 Å². The lowest BCUT2D eigenvalue weighted by molar-refractivity contribution is -0.114. The first-order valence-corrected chi connectivity index (χ1v) is 8.12. The smallest absolute Gasteiger partial charge is 0.398 e. The van der Waals surface area contributed by atoms with Crippen molar-refractivity contribution in [3.63, 3.8) is 0 Å². The Morgan fingerprint density at radius 1 is 1.29 bits per heavy atom. The molecule has 3 rings (SSSR count). The maximum Gasteiger partial charge on any atom is 0.516 e. The summed E-state index contributed by atoms with van der Waals surface area (Å²) in [4.78, 5) is 15.4. The molecule has 1 fully saturated rings. The average Bonchev–Trinajstić information content (AvgIpc) is 2.96. The Labute approximate surface area is 141 Å². The van der Waals surface area contributed by atoms with E-state index in [1.165, 1.54) is 6.92 Å². The molecule has 2 aromatic rings.